The van der Waals surface area contributed by atoms with Crippen LogP contribution in [0.15, 0.2) is 48.5 Å². The molecule has 0 heterocycles. The van der Waals surface area contributed by atoms with Gasteiger partial charge in [-0.25, -0.2) is 8.78 Å². The number of carbonyl (C=O) groups excluding carboxylic acids is 3. The number of anilines is 3. The van der Waals surface area contributed by atoms with E-state index in [1.165, 1.54) is 6.07 Å². The van der Waals surface area contributed by atoms with Crippen LogP contribution in [0.2, 0.25) is 0 Å². The number of ketones is 1. The van der Waals surface area contributed by atoms with Gasteiger partial charge in [0.15, 0.2) is 5.78 Å². The molecule has 0 aliphatic heterocycles. The van der Waals surface area contributed by atoms with Crippen molar-refractivity contribution < 1.29 is 28.3 Å². The zero-order chi connectivity index (χ0) is 26.1. The van der Waals surface area contributed by atoms with Crippen LogP contribution >= 0.6 is 0 Å². The Morgan fingerprint density at radius 3 is 2.41 bits per heavy atom. The molecule has 2 aliphatic carbocycles. The predicted molar refractivity (Wildman–Crippen MR) is 134 cm³/mol. The van der Waals surface area contributed by atoms with Gasteiger partial charge in [-0.3, -0.25) is 14.4 Å². The second-order valence-corrected chi connectivity index (χ2v) is 9.25. The van der Waals surface area contributed by atoms with Crippen molar-refractivity contribution in [2.24, 2.45) is 5.92 Å². The average molecular weight is 506 g/mol. The molecule has 7 nitrogen and oxygen atoms in total. The number of fused-ring (bicyclic) bond motifs is 2. The van der Waals surface area contributed by atoms with Crippen molar-refractivity contribution in [3.63, 3.8) is 0 Å². The van der Waals surface area contributed by atoms with E-state index in [1.807, 2.05) is 0 Å². The van der Waals surface area contributed by atoms with Crippen molar-refractivity contribution in [2.45, 2.75) is 25.7 Å². The van der Waals surface area contributed by atoms with Crippen LogP contribution in [0, 0.1) is 17.6 Å². The van der Waals surface area contributed by atoms with Gasteiger partial charge in [-0.05, 0) is 73.2 Å². The maximum absolute atomic E-state index is 14.5. The summed E-state index contributed by atoms with van der Waals surface area (Å²) in [5.74, 6) is -2.67. The van der Waals surface area contributed by atoms with E-state index in [-0.39, 0.29) is 48.0 Å². The van der Waals surface area contributed by atoms with Gasteiger partial charge in [0, 0.05) is 40.9 Å². The second-order valence-electron chi connectivity index (χ2n) is 9.25. The summed E-state index contributed by atoms with van der Waals surface area (Å²) in [6.45, 7) is -0.0664. The topological polar surface area (TPSA) is 108 Å². The number of hydrogen-bond acceptors (Lipinski definition) is 5. The van der Waals surface area contributed by atoms with Crippen LogP contribution in [0.5, 0.6) is 0 Å². The molecule has 2 amide bonds. The highest BCUT2D eigenvalue weighted by Crippen LogP contribution is 2.33. The molecule has 0 unspecified atom stereocenters. The molecule has 1 saturated carbocycles. The van der Waals surface area contributed by atoms with E-state index in [4.69, 9.17) is 5.11 Å². The van der Waals surface area contributed by atoms with Gasteiger partial charge in [0.2, 0.25) is 5.91 Å². The third-order valence-electron chi connectivity index (χ3n) is 6.57. The fourth-order valence-corrected chi connectivity index (χ4v) is 4.41. The van der Waals surface area contributed by atoms with Crippen molar-refractivity contribution in [1.29, 1.82) is 0 Å². The lowest BCUT2D eigenvalue weighted by Gasteiger charge is -2.14. The van der Waals surface area contributed by atoms with E-state index in [9.17, 15) is 23.2 Å². The Kier molecular flexibility index (Phi) is 6.71. The van der Waals surface area contributed by atoms with E-state index in [0.717, 1.165) is 30.0 Å². The van der Waals surface area contributed by atoms with Gasteiger partial charge in [0.1, 0.15) is 11.6 Å². The van der Waals surface area contributed by atoms with E-state index in [1.54, 1.807) is 36.4 Å². The van der Waals surface area contributed by atoms with Crippen molar-refractivity contribution in [3.05, 3.63) is 88.0 Å². The molecule has 0 bridgehead atoms. The first-order chi connectivity index (χ1) is 17.8. The molecule has 37 heavy (non-hydrogen) atoms. The van der Waals surface area contributed by atoms with Gasteiger partial charge in [-0.2, -0.15) is 0 Å². The summed E-state index contributed by atoms with van der Waals surface area (Å²) in [6, 6.07) is 12.0. The van der Waals surface area contributed by atoms with Crippen LogP contribution < -0.4 is 16.0 Å². The molecule has 0 spiro atoms. The summed E-state index contributed by atoms with van der Waals surface area (Å²) < 4.78 is 28.8. The molecule has 4 N–H and O–H groups in total. The second kappa shape index (κ2) is 10.1. The summed E-state index contributed by atoms with van der Waals surface area (Å²) in [6.07, 6.45) is 2.64. The molecular weight excluding hydrogens is 480 g/mol. The van der Waals surface area contributed by atoms with E-state index < -0.39 is 11.6 Å². The van der Waals surface area contributed by atoms with Crippen molar-refractivity contribution in [1.82, 2.24) is 5.32 Å². The quantitative estimate of drug-likeness (QED) is 0.387. The van der Waals surface area contributed by atoms with Crippen LogP contribution in [0.1, 0.15) is 50.2 Å². The zero-order valence-corrected chi connectivity index (χ0v) is 19.9. The Morgan fingerprint density at radius 2 is 1.65 bits per heavy atom. The normalized spacial score (nSPS) is 14.3. The third-order valence-corrected chi connectivity index (χ3v) is 6.57. The molecule has 1 fully saturated rings. The van der Waals surface area contributed by atoms with Crippen LogP contribution in [0.3, 0.4) is 0 Å². The van der Waals surface area contributed by atoms with E-state index >= 15 is 0 Å². The maximum atomic E-state index is 14.5. The Morgan fingerprint density at radius 1 is 0.892 bits per heavy atom. The number of aryl methyl sites for hydroxylation is 2. The molecule has 0 atom stereocenters. The number of rotatable bonds is 7. The average Bonchev–Trinajstić information content (AvgIpc) is 3.74. The standard InChI is InChI=1S/C28H25F2N3O4/c29-22-13-23(30)25(33-28(37)16-3-4-16)14-24(22)32-19-7-8-20-17(11-19)5-1-15-2-6-18(12-21(15)26(20)35)27(36)31-9-10-34/h2,6-8,11-14,16,32,34H,1,3-5,9-10H2,(H,31,36)(H,33,37). The summed E-state index contributed by atoms with van der Waals surface area (Å²) in [4.78, 5) is 37.7. The number of hydrogen-bond donors (Lipinski definition) is 4. The number of amides is 2. The largest absolute Gasteiger partial charge is 0.395 e. The minimum atomic E-state index is -0.855. The van der Waals surface area contributed by atoms with Crippen molar-refractivity contribution in [2.75, 3.05) is 23.8 Å². The first-order valence-electron chi connectivity index (χ1n) is 12.1. The molecular formula is C28H25F2N3O4. The van der Waals surface area contributed by atoms with Crippen LogP contribution in [0.4, 0.5) is 25.8 Å². The maximum Gasteiger partial charge on any atom is 0.251 e. The predicted octanol–water partition coefficient (Wildman–Crippen LogP) is 4.11. The highest BCUT2D eigenvalue weighted by atomic mass is 19.1. The SMILES string of the molecule is O=C(NCCO)c1ccc2c(c1)C(=O)c1ccc(Nc3cc(NC(=O)C4CC4)c(F)cc3F)cc1CC2. The lowest BCUT2D eigenvalue weighted by atomic mass is 9.96. The fraction of sp³-hybridized carbons (Fsp3) is 0.250. The van der Waals surface area contributed by atoms with Gasteiger partial charge >= 0.3 is 0 Å². The molecule has 190 valence electrons. The Labute approximate surface area is 211 Å². The first kappa shape index (κ1) is 24.6. The number of benzene rings is 3. The highest BCUT2D eigenvalue weighted by Gasteiger charge is 2.30. The molecule has 2 aliphatic rings. The van der Waals surface area contributed by atoms with Gasteiger partial charge in [-0.15, -0.1) is 0 Å². The summed E-state index contributed by atoms with van der Waals surface area (Å²) in [5, 5.41) is 17.0. The van der Waals surface area contributed by atoms with Gasteiger partial charge in [0.25, 0.3) is 5.91 Å². The molecule has 0 radical (unpaired) electrons. The number of aliphatic hydroxyl groups is 1. The smallest absolute Gasteiger partial charge is 0.251 e. The summed E-state index contributed by atoms with van der Waals surface area (Å²) in [7, 11) is 0. The monoisotopic (exact) mass is 505 g/mol. The minimum absolute atomic E-state index is 0.00536. The van der Waals surface area contributed by atoms with Crippen LogP contribution in [-0.2, 0) is 17.6 Å². The fourth-order valence-electron chi connectivity index (χ4n) is 4.41. The molecule has 3 aromatic carbocycles. The van der Waals surface area contributed by atoms with Gasteiger partial charge in [0.05, 0.1) is 18.0 Å². The first-order valence-corrected chi connectivity index (χ1v) is 12.1. The Balaban J connectivity index is 1.39. The van der Waals surface area contributed by atoms with Crippen molar-refractivity contribution >= 4 is 34.7 Å². The summed E-state index contributed by atoms with van der Waals surface area (Å²) >= 11 is 0. The number of aliphatic hydroxyl groups excluding tert-OH is 1. The molecule has 0 saturated heterocycles. The van der Waals surface area contributed by atoms with E-state index in [0.29, 0.717) is 35.2 Å². The lowest BCUT2D eigenvalue weighted by Crippen LogP contribution is -2.26. The van der Waals surface area contributed by atoms with Gasteiger partial charge < -0.3 is 21.1 Å². The van der Waals surface area contributed by atoms with Crippen molar-refractivity contribution in [3.8, 4) is 0 Å². The third kappa shape index (κ3) is 5.22. The molecule has 3 aromatic rings. The molecule has 0 aromatic heterocycles. The molecule has 9 heteroatoms. The lowest BCUT2D eigenvalue weighted by molar-refractivity contribution is -0.117. The highest BCUT2D eigenvalue weighted by molar-refractivity contribution is 6.12. The minimum Gasteiger partial charge on any atom is -0.395 e. The van der Waals surface area contributed by atoms with Crippen LogP contribution in [-0.4, -0.2) is 35.9 Å². The van der Waals surface area contributed by atoms with Gasteiger partial charge in [-0.1, -0.05) is 6.07 Å². The summed E-state index contributed by atoms with van der Waals surface area (Å²) in [5.41, 5.74) is 3.22. The zero-order valence-electron chi connectivity index (χ0n) is 19.9. The number of halogens is 2. The van der Waals surface area contributed by atoms with E-state index in [2.05, 4.69) is 16.0 Å². The Bertz CT molecular complexity index is 1420. The molecule has 5 rings (SSSR count). The van der Waals surface area contributed by atoms with Crippen LogP contribution in [0.25, 0.3) is 0 Å². The number of carbonyl (C=O) groups is 3. The number of nitrogens with one attached hydrogen (secondary N) is 3. The Hall–Kier alpha value is -4.11.